The number of aromatic nitrogens is 2. The molecule has 1 fully saturated rings. The summed E-state index contributed by atoms with van der Waals surface area (Å²) in [4.78, 5) is 4.35. The van der Waals surface area contributed by atoms with Gasteiger partial charge < -0.3 is 15.0 Å². The second kappa shape index (κ2) is 4.28. The molecule has 1 aromatic heterocycles. The van der Waals surface area contributed by atoms with E-state index in [2.05, 4.69) is 17.1 Å². The van der Waals surface area contributed by atoms with Gasteiger partial charge in [0.15, 0.2) is 5.82 Å². The molecule has 1 aromatic rings. The maximum absolute atomic E-state index is 5.52. The number of rotatable bonds is 5. The van der Waals surface area contributed by atoms with Crippen LogP contribution in [0.4, 0.5) is 0 Å². The van der Waals surface area contributed by atoms with Crippen molar-refractivity contribution in [1.29, 1.82) is 0 Å². The number of ether oxygens (including phenoxy) is 1. The molecule has 2 rings (SSSR count). The molecule has 1 aliphatic carbocycles. The highest BCUT2D eigenvalue weighted by atomic mass is 16.5. The minimum Gasteiger partial charge on any atom is -0.380 e. The van der Waals surface area contributed by atoms with E-state index in [1.807, 2.05) is 0 Å². The van der Waals surface area contributed by atoms with Crippen molar-refractivity contribution in [3.8, 4) is 0 Å². The van der Waals surface area contributed by atoms with E-state index >= 15 is 0 Å². The van der Waals surface area contributed by atoms with Gasteiger partial charge in [0.2, 0.25) is 5.89 Å². The number of methoxy groups -OCH3 is 1. The van der Waals surface area contributed by atoms with E-state index in [0.717, 1.165) is 5.82 Å². The maximum atomic E-state index is 5.52. The molecule has 5 nitrogen and oxygen atoms in total. The molecule has 3 unspecified atom stereocenters. The number of nitrogens with two attached hydrogens (primary N) is 1. The SMILES string of the molecule is COC(CN)Cc1nc(C2CC2C)no1. The van der Waals surface area contributed by atoms with Crippen molar-refractivity contribution in [3.05, 3.63) is 11.7 Å². The fourth-order valence-corrected chi connectivity index (χ4v) is 1.64. The summed E-state index contributed by atoms with van der Waals surface area (Å²) in [5.74, 6) is 2.66. The third kappa shape index (κ3) is 2.35. The van der Waals surface area contributed by atoms with Crippen LogP contribution in [0.1, 0.15) is 31.0 Å². The summed E-state index contributed by atoms with van der Waals surface area (Å²) in [5, 5.41) is 3.97. The van der Waals surface area contributed by atoms with Crippen LogP contribution in [0.3, 0.4) is 0 Å². The molecule has 15 heavy (non-hydrogen) atoms. The summed E-state index contributed by atoms with van der Waals surface area (Å²) < 4.78 is 10.3. The van der Waals surface area contributed by atoms with Gasteiger partial charge in [-0.25, -0.2) is 0 Å². The van der Waals surface area contributed by atoms with Crippen molar-refractivity contribution in [2.75, 3.05) is 13.7 Å². The Kier molecular flexibility index (Phi) is 3.02. The molecule has 0 saturated heterocycles. The first-order chi connectivity index (χ1) is 7.24. The Labute approximate surface area is 89.0 Å². The lowest BCUT2D eigenvalue weighted by atomic mass is 10.2. The first-order valence-electron chi connectivity index (χ1n) is 5.30. The standard InChI is InChI=1S/C10H17N3O2/c1-6-3-8(6)10-12-9(15-13-10)4-7(5-11)14-2/h6-8H,3-5,11H2,1-2H3. The van der Waals surface area contributed by atoms with Crippen LogP contribution in [0, 0.1) is 5.92 Å². The Balaban J connectivity index is 1.95. The van der Waals surface area contributed by atoms with Gasteiger partial charge in [0.1, 0.15) is 0 Å². The van der Waals surface area contributed by atoms with E-state index in [9.17, 15) is 0 Å². The highest BCUT2D eigenvalue weighted by Gasteiger charge is 2.38. The normalized spacial score (nSPS) is 26.6. The third-order valence-corrected chi connectivity index (χ3v) is 2.92. The van der Waals surface area contributed by atoms with Crippen LogP contribution in [0.2, 0.25) is 0 Å². The lowest BCUT2D eigenvalue weighted by molar-refractivity contribution is 0.102. The van der Waals surface area contributed by atoms with Crippen molar-refractivity contribution < 1.29 is 9.26 Å². The van der Waals surface area contributed by atoms with Crippen molar-refractivity contribution in [2.24, 2.45) is 11.7 Å². The second-order valence-corrected chi connectivity index (χ2v) is 4.16. The van der Waals surface area contributed by atoms with Crippen LogP contribution in [-0.2, 0) is 11.2 Å². The third-order valence-electron chi connectivity index (χ3n) is 2.92. The van der Waals surface area contributed by atoms with Crippen LogP contribution in [0.15, 0.2) is 4.52 Å². The summed E-state index contributed by atoms with van der Waals surface area (Å²) >= 11 is 0. The fourth-order valence-electron chi connectivity index (χ4n) is 1.64. The van der Waals surface area contributed by atoms with Gasteiger partial charge >= 0.3 is 0 Å². The molecule has 84 valence electrons. The molecule has 1 saturated carbocycles. The average molecular weight is 211 g/mol. The molecule has 2 N–H and O–H groups in total. The fraction of sp³-hybridized carbons (Fsp3) is 0.800. The van der Waals surface area contributed by atoms with E-state index in [4.69, 9.17) is 15.0 Å². The first kappa shape index (κ1) is 10.6. The molecule has 3 atom stereocenters. The number of hydrogen-bond donors (Lipinski definition) is 1. The molecule has 0 radical (unpaired) electrons. The minimum atomic E-state index is -0.0325. The van der Waals surface area contributed by atoms with E-state index < -0.39 is 0 Å². The predicted molar refractivity (Wildman–Crippen MR) is 54.4 cm³/mol. The molecular weight excluding hydrogens is 194 g/mol. The minimum absolute atomic E-state index is 0.0325. The molecule has 0 amide bonds. The van der Waals surface area contributed by atoms with Crippen LogP contribution in [0.25, 0.3) is 0 Å². The number of nitrogens with zero attached hydrogens (tertiary/aromatic N) is 2. The van der Waals surface area contributed by atoms with Crippen LogP contribution < -0.4 is 5.73 Å². The molecular formula is C10H17N3O2. The Bertz CT molecular complexity index is 322. The Hall–Kier alpha value is -0.940. The van der Waals surface area contributed by atoms with Gasteiger partial charge in [-0.05, 0) is 12.3 Å². The van der Waals surface area contributed by atoms with E-state index in [-0.39, 0.29) is 6.10 Å². The smallest absolute Gasteiger partial charge is 0.229 e. The summed E-state index contributed by atoms with van der Waals surface area (Å²) in [6, 6.07) is 0. The van der Waals surface area contributed by atoms with Gasteiger partial charge in [-0.15, -0.1) is 0 Å². The molecule has 0 bridgehead atoms. The summed E-state index contributed by atoms with van der Waals surface area (Å²) in [7, 11) is 1.64. The average Bonchev–Trinajstić information content (AvgIpc) is 2.80. The zero-order valence-corrected chi connectivity index (χ0v) is 9.14. The Morgan fingerprint density at radius 1 is 1.67 bits per heavy atom. The van der Waals surface area contributed by atoms with Crippen molar-refractivity contribution >= 4 is 0 Å². The second-order valence-electron chi connectivity index (χ2n) is 4.16. The van der Waals surface area contributed by atoms with E-state index in [1.165, 1.54) is 6.42 Å². The zero-order valence-electron chi connectivity index (χ0n) is 9.14. The molecule has 0 aliphatic heterocycles. The molecule has 0 spiro atoms. The molecule has 1 heterocycles. The van der Waals surface area contributed by atoms with Crippen molar-refractivity contribution in [1.82, 2.24) is 10.1 Å². The topological polar surface area (TPSA) is 74.2 Å². The largest absolute Gasteiger partial charge is 0.380 e. The lowest BCUT2D eigenvalue weighted by Crippen LogP contribution is -2.24. The van der Waals surface area contributed by atoms with Crippen molar-refractivity contribution in [3.63, 3.8) is 0 Å². The quantitative estimate of drug-likeness (QED) is 0.776. The maximum Gasteiger partial charge on any atom is 0.229 e. The van der Waals surface area contributed by atoms with E-state index in [0.29, 0.717) is 30.7 Å². The van der Waals surface area contributed by atoms with Crippen LogP contribution in [-0.4, -0.2) is 29.9 Å². The first-order valence-corrected chi connectivity index (χ1v) is 5.30. The zero-order chi connectivity index (χ0) is 10.8. The highest BCUT2D eigenvalue weighted by Crippen LogP contribution is 2.45. The summed E-state index contributed by atoms with van der Waals surface area (Å²) in [6.07, 6.45) is 1.74. The van der Waals surface area contributed by atoms with Gasteiger partial charge in [0.25, 0.3) is 0 Å². The van der Waals surface area contributed by atoms with Gasteiger partial charge in [0, 0.05) is 19.6 Å². The van der Waals surface area contributed by atoms with Gasteiger partial charge in [-0.2, -0.15) is 4.98 Å². The van der Waals surface area contributed by atoms with Crippen LogP contribution in [0.5, 0.6) is 0 Å². The van der Waals surface area contributed by atoms with Gasteiger partial charge in [-0.1, -0.05) is 12.1 Å². The Morgan fingerprint density at radius 3 is 2.93 bits per heavy atom. The molecule has 1 aliphatic rings. The highest BCUT2D eigenvalue weighted by molar-refractivity contribution is 5.07. The monoisotopic (exact) mass is 211 g/mol. The summed E-state index contributed by atoms with van der Waals surface area (Å²) in [5.41, 5.74) is 5.52. The van der Waals surface area contributed by atoms with Gasteiger partial charge in [0.05, 0.1) is 12.5 Å². The molecule has 5 heteroatoms. The summed E-state index contributed by atoms with van der Waals surface area (Å²) in [6.45, 7) is 2.66. The molecule has 0 aromatic carbocycles. The Morgan fingerprint density at radius 2 is 2.40 bits per heavy atom. The number of hydrogen-bond acceptors (Lipinski definition) is 5. The van der Waals surface area contributed by atoms with Gasteiger partial charge in [-0.3, -0.25) is 0 Å². The van der Waals surface area contributed by atoms with E-state index in [1.54, 1.807) is 7.11 Å². The predicted octanol–water partition coefficient (Wildman–Crippen LogP) is 0.709. The lowest BCUT2D eigenvalue weighted by Gasteiger charge is -2.08. The van der Waals surface area contributed by atoms with Crippen LogP contribution >= 0.6 is 0 Å². The van der Waals surface area contributed by atoms with Crippen molar-refractivity contribution in [2.45, 2.75) is 31.8 Å².